The molecule has 0 radical (unpaired) electrons. The molecule has 0 aliphatic rings. The zero-order valence-corrected chi connectivity index (χ0v) is 16.1. The topological polar surface area (TPSA) is 95.5 Å². The van der Waals surface area contributed by atoms with Gasteiger partial charge in [-0.3, -0.25) is 9.59 Å². The fourth-order valence-electron chi connectivity index (χ4n) is 2.80. The van der Waals surface area contributed by atoms with Crippen LogP contribution in [0.4, 0.5) is 5.69 Å². The van der Waals surface area contributed by atoms with Crippen molar-refractivity contribution >= 4 is 35.1 Å². The number of hydrogen-bond donors (Lipinski definition) is 3. The van der Waals surface area contributed by atoms with Gasteiger partial charge in [-0.05, 0) is 48.7 Å². The minimum Gasteiger partial charge on any atom is -0.478 e. The molecule has 0 aliphatic heterocycles. The Labute approximate surface area is 162 Å². The van der Waals surface area contributed by atoms with Gasteiger partial charge in [-0.15, -0.1) is 0 Å². The number of aromatic carboxylic acids is 1. The van der Waals surface area contributed by atoms with Crippen molar-refractivity contribution in [2.24, 2.45) is 0 Å². The van der Waals surface area contributed by atoms with Crippen LogP contribution in [0.25, 0.3) is 0 Å². The zero-order valence-electron chi connectivity index (χ0n) is 15.3. The number of hydrogen-bond acceptors (Lipinski definition) is 3. The van der Waals surface area contributed by atoms with Crippen LogP contribution in [0, 0.1) is 13.8 Å². The van der Waals surface area contributed by atoms with Crippen molar-refractivity contribution in [3.8, 4) is 0 Å². The molecule has 27 heavy (non-hydrogen) atoms. The van der Waals surface area contributed by atoms with E-state index in [1.54, 1.807) is 44.2 Å². The van der Waals surface area contributed by atoms with Gasteiger partial charge < -0.3 is 15.7 Å². The molecule has 2 aromatic carbocycles. The van der Waals surface area contributed by atoms with Crippen LogP contribution in [0.15, 0.2) is 36.4 Å². The minimum absolute atomic E-state index is 0.00304. The summed E-state index contributed by atoms with van der Waals surface area (Å²) < 4.78 is 0. The Bertz CT molecular complexity index is 878. The number of amides is 2. The van der Waals surface area contributed by atoms with Gasteiger partial charge in [0.05, 0.1) is 18.0 Å². The smallest absolute Gasteiger partial charge is 0.336 e. The number of aryl methyl sites for hydroxylation is 2. The monoisotopic (exact) mass is 388 g/mol. The Morgan fingerprint density at radius 2 is 1.70 bits per heavy atom. The SMILES string of the molecule is CC(=O)NC(CC(=O)Nc1cc(C(=O)O)c(C)cc1C)c1ccc(Cl)cc1. The van der Waals surface area contributed by atoms with Gasteiger partial charge in [0, 0.05) is 17.6 Å². The molecule has 3 N–H and O–H groups in total. The Morgan fingerprint density at radius 3 is 2.26 bits per heavy atom. The fourth-order valence-corrected chi connectivity index (χ4v) is 2.92. The van der Waals surface area contributed by atoms with Crippen LogP contribution in [-0.4, -0.2) is 22.9 Å². The van der Waals surface area contributed by atoms with Crippen LogP contribution in [0.5, 0.6) is 0 Å². The Morgan fingerprint density at radius 1 is 1.07 bits per heavy atom. The molecular formula is C20H21ClN2O4. The van der Waals surface area contributed by atoms with E-state index in [1.807, 2.05) is 0 Å². The summed E-state index contributed by atoms with van der Waals surface area (Å²) in [6.07, 6.45) is -0.00304. The highest BCUT2D eigenvalue weighted by Gasteiger charge is 2.19. The molecule has 142 valence electrons. The average Bonchev–Trinajstić information content (AvgIpc) is 2.56. The standard InChI is InChI=1S/C20H21ClN2O4/c1-11-8-12(2)17(9-16(11)20(26)27)23-19(25)10-18(22-13(3)24)14-4-6-15(21)7-5-14/h4-9,18H,10H2,1-3H3,(H,22,24)(H,23,25)(H,26,27). The van der Waals surface area contributed by atoms with Crippen molar-refractivity contribution < 1.29 is 19.5 Å². The third kappa shape index (κ3) is 5.56. The van der Waals surface area contributed by atoms with Crippen LogP contribution in [0.1, 0.15) is 46.4 Å². The highest BCUT2D eigenvalue weighted by atomic mass is 35.5. The summed E-state index contributed by atoms with van der Waals surface area (Å²) in [5.74, 6) is -1.66. The molecule has 0 aliphatic carbocycles. The highest BCUT2D eigenvalue weighted by Crippen LogP contribution is 2.23. The number of anilines is 1. The summed E-state index contributed by atoms with van der Waals surface area (Å²) in [5.41, 5.74) is 2.69. The van der Waals surface area contributed by atoms with E-state index < -0.39 is 12.0 Å². The van der Waals surface area contributed by atoms with Crippen LogP contribution in [-0.2, 0) is 9.59 Å². The zero-order chi connectivity index (χ0) is 20.1. The van der Waals surface area contributed by atoms with Gasteiger partial charge in [0.15, 0.2) is 0 Å². The van der Waals surface area contributed by atoms with E-state index in [0.29, 0.717) is 16.3 Å². The number of carboxylic acids is 1. The number of halogens is 1. The van der Waals surface area contributed by atoms with Gasteiger partial charge in [-0.25, -0.2) is 4.79 Å². The van der Waals surface area contributed by atoms with Crippen molar-refractivity contribution in [3.63, 3.8) is 0 Å². The minimum atomic E-state index is -1.06. The maximum atomic E-state index is 12.5. The van der Waals surface area contributed by atoms with Crippen LogP contribution >= 0.6 is 11.6 Å². The second-order valence-electron chi connectivity index (χ2n) is 6.34. The molecule has 0 heterocycles. The predicted octanol–water partition coefficient (Wildman–Crippen LogP) is 3.86. The van der Waals surface area contributed by atoms with E-state index in [0.717, 1.165) is 11.1 Å². The number of carboxylic acid groups (broad SMARTS) is 1. The number of nitrogens with one attached hydrogen (secondary N) is 2. The van der Waals surface area contributed by atoms with Crippen molar-refractivity contribution in [1.29, 1.82) is 0 Å². The lowest BCUT2D eigenvalue weighted by molar-refractivity contribution is -0.120. The van der Waals surface area contributed by atoms with Gasteiger partial charge in [-0.1, -0.05) is 29.8 Å². The fraction of sp³-hybridized carbons (Fsp3) is 0.250. The van der Waals surface area contributed by atoms with E-state index in [1.165, 1.54) is 13.0 Å². The molecule has 7 heteroatoms. The Balaban J connectivity index is 2.20. The lowest BCUT2D eigenvalue weighted by Gasteiger charge is -2.19. The van der Waals surface area contributed by atoms with Crippen LogP contribution < -0.4 is 10.6 Å². The third-order valence-corrected chi connectivity index (χ3v) is 4.37. The van der Waals surface area contributed by atoms with E-state index in [-0.39, 0.29) is 23.8 Å². The van der Waals surface area contributed by atoms with Gasteiger partial charge >= 0.3 is 5.97 Å². The number of benzene rings is 2. The molecule has 2 aromatic rings. The van der Waals surface area contributed by atoms with Crippen LogP contribution in [0.2, 0.25) is 5.02 Å². The maximum Gasteiger partial charge on any atom is 0.336 e. The molecule has 1 unspecified atom stereocenters. The van der Waals surface area contributed by atoms with Gasteiger partial charge in [-0.2, -0.15) is 0 Å². The van der Waals surface area contributed by atoms with E-state index in [2.05, 4.69) is 10.6 Å². The first-order valence-electron chi connectivity index (χ1n) is 8.34. The Hall–Kier alpha value is -2.86. The molecule has 0 bridgehead atoms. The molecule has 1 atom stereocenters. The maximum absolute atomic E-state index is 12.5. The van der Waals surface area contributed by atoms with Gasteiger partial charge in [0.1, 0.15) is 0 Å². The molecule has 2 rings (SSSR count). The number of carbonyl (C=O) groups excluding carboxylic acids is 2. The molecule has 0 spiro atoms. The van der Waals surface area contributed by atoms with Crippen molar-refractivity contribution in [2.75, 3.05) is 5.32 Å². The average molecular weight is 389 g/mol. The molecule has 0 aromatic heterocycles. The molecule has 0 saturated heterocycles. The van der Waals surface area contributed by atoms with E-state index >= 15 is 0 Å². The van der Waals surface area contributed by atoms with Crippen molar-refractivity contribution in [3.05, 3.63) is 63.7 Å². The summed E-state index contributed by atoms with van der Waals surface area (Å²) >= 11 is 5.89. The quantitative estimate of drug-likeness (QED) is 0.700. The third-order valence-electron chi connectivity index (χ3n) is 4.12. The summed E-state index contributed by atoms with van der Waals surface area (Å²) in [6, 6.07) is 9.50. The van der Waals surface area contributed by atoms with E-state index in [4.69, 9.17) is 11.6 Å². The molecule has 0 saturated carbocycles. The molecule has 6 nitrogen and oxygen atoms in total. The van der Waals surface area contributed by atoms with E-state index in [9.17, 15) is 19.5 Å². The summed E-state index contributed by atoms with van der Waals surface area (Å²) in [6.45, 7) is 4.87. The molecular weight excluding hydrogens is 368 g/mol. The first-order valence-corrected chi connectivity index (χ1v) is 8.72. The molecule has 2 amide bonds. The lowest BCUT2D eigenvalue weighted by Crippen LogP contribution is -2.29. The van der Waals surface area contributed by atoms with Crippen LogP contribution in [0.3, 0.4) is 0 Å². The van der Waals surface area contributed by atoms with Crippen molar-refractivity contribution in [2.45, 2.75) is 33.2 Å². The normalized spacial score (nSPS) is 11.6. The number of carbonyl (C=O) groups is 3. The summed E-state index contributed by atoms with van der Waals surface area (Å²) in [4.78, 5) is 35.3. The number of rotatable bonds is 6. The molecule has 0 fully saturated rings. The first-order chi connectivity index (χ1) is 12.7. The largest absolute Gasteiger partial charge is 0.478 e. The van der Waals surface area contributed by atoms with Gasteiger partial charge in [0.2, 0.25) is 11.8 Å². The Kier molecular flexibility index (Phi) is 6.58. The lowest BCUT2D eigenvalue weighted by atomic mass is 10.0. The van der Waals surface area contributed by atoms with Crippen molar-refractivity contribution in [1.82, 2.24) is 5.32 Å². The summed E-state index contributed by atoms with van der Waals surface area (Å²) in [7, 11) is 0. The first kappa shape index (κ1) is 20.5. The van der Waals surface area contributed by atoms with Gasteiger partial charge in [0.25, 0.3) is 0 Å². The highest BCUT2D eigenvalue weighted by molar-refractivity contribution is 6.30. The predicted molar refractivity (Wildman–Crippen MR) is 104 cm³/mol. The second kappa shape index (κ2) is 8.68. The second-order valence-corrected chi connectivity index (χ2v) is 6.78. The summed E-state index contributed by atoms with van der Waals surface area (Å²) in [5, 5.41) is 15.3.